The van der Waals surface area contributed by atoms with Crippen LogP contribution in [0.1, 0.15) is 39.5 Å². The maximum absolute atomic E-state index is 9.44. The summed E-state index contributed by atoms with van der Waals surface area (Å²) < 4.78 is 0.658. The molecule has 0 atom stereocenters. The maximum Gasteiger partial charge on any atom is 0.0836 e. The third-order valence-electron chi connectivity index (χ3n) is 2.17. The Morgan fingerprint density at radius 3 is 1.94 bits per heavy atom. The molecule has 5 heteroatoms. The second kappa shape index (κ2) is 13.4. The van der Waals surface area contributed by atoms with Crippen molar-refractivity contribution in [3.8, 4) is 0 Å². The van der Waals surface area contributed by atoms with Gasteiger partial charge in [0.2, 0.25) is 0 Å². The molecule has 0 aliphatic heterocycles. The van der Waals surface area contributed by atoms with Gasteiger partial charge in [-0.3, -0.25) is 0 Å². The topological polar surface area (TPSA) is 40.1 Å². The quantitative estimate of drug-likeness (QED) is 0.306. The van der Waals surface area contributed by atoms with E-state index in [2.05, 4.69) is 49.0 Å². The van der Waals surface area contributed by atoms with Gasteiger partial charge in [0, 0.05) is 0 Å². The fraction of sp³-hybridized carbons (Fsp3) is 0.917. The van der Waals surface area contributed by atoms with Gasteiger partial charge in [-0.05, 0) is 0 Å². The molecule has 17 heavy (non-hydrogen) atoms. The molecule has 0 spiro atoms. The second-order valence-corrected chi connectivity index (χ2v) is 14.7. The van der Waals surface area contributed by atoms with Crippen molar-refractivity contribution in [3.63, 3.8) is 0 Å². The number of aliphatic carboxylic acids is 1. The molecule has 0 fully saturated rings. The molecule has 0 saturated carbocycles. The van der Waals surface area contributed by atoms with E-state index in [9.17, 15) is 9.90 Å². The van der Waals surface area contributed by atoms with Crippen molar-refractivity contribution in [2.24, 2.45) is 5.92 Å². The molecule has 0 aromatic carbocycles. The van der Waals surface area contributed by atoms with E-state index in [4.69, 9.17) is 0 Å². The summed E-state index contributed by atoms with van der Waals surface area (Å²) in [6.07, 6.45) is 5.92. The summed E-state index contributed by atoms with van der Waals surface area (Å²) in [7, 11) is 0. The molecule has 0 saturated heterocycles. The van der Waals surface area contributed by atoms with Gasteiger partial charge in [0.15, 0.2) is 0 Å². The Kier molecular flexibility index (Phi) is 16.0. The van der Waals surface area contributed by atoms with Gasteiger partial charge < -0.3 is 9.90 Å². The van der Waals surface area contributed by atoms with E-state index in [1.54, 1.807) is 4.44 Å². The summed E-state index contributed by atoms with van der Waals surface area (Å²) in [5.74, 6) is -0.349. The first-order valence-electron chi connectivity index (χ1n) is 6.13. The minimum atomic E-state index is -1.26. The van der Waals surface area contributed by atoms with Crippen LogP contribution in [0, 0.1) is 5.92 Å². The van der Waals surface area contributed by atoms with Crippen LogP contribution in [0.4, 0.5) is 0 Å². The number of carbonyl (C=O) groups excluding carboxylic acids is 1. The van der Waals surface area contributed by atoms with E-state index >= 15 is 0 Å². The predicted molar refractivity (Wildman–Crippen MR) is 82.4 cm³/mol. The minimum Gasteiger partial charge on any atom is -0.548 e. The molecule has 0 unspecified atom stereocenters. The van der Waals surface area contributed by atoms with Crippen molar-refractivity contribution in [1.82, 2.24) is 0 Å². The Balaban J connectivity index is 0. The normalized spacial score (nSPS) is 10.1. The van der Waals surface area contributed by atoms with Gasteiger partial charge in [0.1, 0.15) is 0 Å². The van der Waals surface area contributed by atoms with E-state index in [1.807, 2.05) is 0 Å². The molecule has 0 bridgehead atoms. The summed E-state index contributed by atoms with van der Waals surface area (Å²) in [4.78, 5) is 14.4. The van der Waals surface area contributed by atoms with Gasteiger partial charge in [-0.2, -0.15) is 25.3 Å². The van der Waals surface area contributed by atoms with Gasteiger partial charge in [0.25, 0.3) is 0 Å². The summed E-state index contributed by atoms with van der Waals surface area (Å²) in [5.41, 5.74) is 0. The average Bonchev–Trinajstić information content (AvgIpc) is 2.17. The van der Waals surface area contributed by atoms with E-state index in [-0.39, 0.29) is 0 Å². The van der Waals surface area contributed by atoms with Crippen LogP contribution >= 0.6 is 25.3 Å². The van der Waals surface area contributed by atoms with Crippen LogP contribution < -0.4 is 5.11 Å². The molecule has 0 rings (SSSR count). The van der Waals surface area contributed by atoms with Gasteiger partial charge in [0.05, 0.1) is 10.6 Å². The van der Waals surface area contributed by atoms with E-state index in [0.29, 0.717) is 0 Å². The molecule has 0 radical (unpaired) electrons. The number of carboxylic acid groups (broad SMARTS) is 1. The monoisotopic (exact) mass is 386 g/mol. The molecule has 0 aliphatic rings. The molecule has 0 heterocycles. The zero-order chi connectivity index (χ0) is 13.8. The number of unbranched alkanes of at least 4 members (excludes halogenated alkanes) is 2. The Morgan fingerprint density at radius 2 is 1.65 bits per heavy atom. The van der Waals surface area contributed by atoms with Gasteiger partial charge in [-0.25, -0.2) is 0 Å². The first-order valence-corrected chi connectivity index (χ1v) is 14.9. The van der Waals surface area contributed by atoms with Crippen molar-refractivity contribution in [1.29, 1.82) is 0 Å². The number of rotatable bonds is 7. The molecule has 102 valence electrons. The van der Waals surface area contributed by atoms with Crippen LogP contribution in [0.5, 0.6) is 0 Å². The average molecular weight is 385 g/mol. The SMILES string of the molecule is CC(C)CCCC[CH2][Sn+]([CH3])[CH3].O=C([O-])C(S)S. The minimum absolute atomic E-state index is 0.710. The summed E-state index contributed by atoms with van der Waals surface area (Å²) >= 11 is 6.08. The van der Waals surface area contributed by atoms with Gasteiger partial charge in [-0.15, -0.1) is 0 Å². The molecule has 0 aliphatic carbocycles. The van der Waals surface area contributed by atoms with Crippen LogP contribution in [0.25, 0.3) is 0 Å². The molecular weight excluding hydrogens is 359 g/mol. The number of hydrogen-bond acceptors (Lipinski definition) is 4. The standard InChI is InChI=1S/C8H17.C2H4O2S2.2CH3.Sn/c1-4-5-6-7-8(2)3;3-1(4)2(5)6;;;/h8H,1,4-7H2,2-3H3;2,5-6H,(H,3,4);2*1H3;/q;;;;+1/p-1. The fourth-order valence-corrected chi connectivity index (χ4v) is 3.94. The van der Waals surface area contributed by atoms with Crippen molar-refractivity contribution in [2.75, 3.05) is 0 Å². The number of hydrogen-bond donors (Lipinski definition) is 2. The van der Waals surface area contributed by atoms with Crippen LogP contribution in [0.15, 0.2) is 0 Å². The maximum atomic E-state index is 9.44. The predicted octanol–water partition coefficient (Wildman–Crippen LogP) is 2.88. The van der Waals surface area contributed by atoms with E-state index in [1.165, 1.54) is 25.7 Å². The van der Waals surface area contributed by atoms with Crippen LogP contribution in [-0.4, -0.2) is 30.3 Å². The first kappa shape index (κ1) is 20.3. The van der Waals surface area contributed by atoms with Crippen LogP contribution in [0.2, 0.25) is 14.3 Å². The zero-order valence-corrected chi connectivity index (χ0v) is 16.0. The van der Waals surface area contributed by atoms with Crippen molar-refractivity contribution in [3.05, 3.63) is 0 Å². The second-order valence-electron chi connectivity index (χ2n) is 4.89. The van der Waals surface area contributed by atoms with Crippen molar-refractivity contribution >= 4 is 51.0 Å². The Morgan fingerprint density at radius 1 is 1.18 bits per heavy atom. The first-order chi connectivity index (χ1) is 7.77. The summed E-state index contributed by atoms with van der Waals surface area (Å²) in [6, 6.07) is 0. The van der Waals surface area contributed by atoms with Crippen LogP contribution in [-0.2, 0) is 4.79 Å². The zero-order valence-electron chi connectivity index (χ0n) is 11.4. The third kappa shape index (κ3) is 22.6. The summed E-state index contributed by atoms with van der Waals surface area (Å²) in [6.45, 7) is 4.64. The Hall–Kier alpha value is 0.969. The van der Waals surface area contributed by atoms with Crippen molar-refractivity contribution in [2.45, 2.75) is 58.4 Å². The van der Waals surface area contributed by atoms with Gasteiger partial charge >= 0.3 is 79.5 Å². The third-order valence-corrected chi connectivity index (χ3v) is 6.45. The molecule has 0 aromatic heterocycles. The molecule has 0 N–H and O–H groups in total. The smallest absolute Gasteiger partial charge is 0.0836 e. The number of thiol groups is 2. The van der Waals surface area contributed by atoms with E-state index < -0.39 is 30.3 Å². The fourth-order valence-electron chi connectivity index (χ4n) is 1.21. The Labute approximate surface area is 125 Å². The molecule has 0 amide bonds. The van der Waals surface area contributed by atoms with Crippen LogP contribution in [0.3, 0.4) is 0 Å². The van der Waals surface area contributed by atoms with Crippen molar-refractivity contribution < 1.29 is 9.90 Å². The van der Waals surface area contributed by atoms with E-state index in [0.717, 1.165) is 5.92 Å². The molecular formula is C12H26O2S2Sn. The largest absolute Gasteiger partial charge is 0.548 e. The number of carbonyl (C=O) groups is 1. The number of carboxylic acids is 1. The van der Waals surface area contributed by atoms with Gasteiger partial charge in [-0.1, -0.05) is 0 Å². The molecule has 2 nitrogen and oxygen atoms in total. The Bertz CT molecular complexity index is 175. The molecule has 0 aromatic rings. The summed E-state index contributed by atoms with van der Waals surface area (Å²) in [5, 5.41) is 9.44.